The van der Waals surface area contributed by atoms with E-state index in [-0.39, 0.29) is 12.8 Å². The summed E-state index contributed by atoms with van der Waals surface area (Å²) in [6.45, 7) is 6.49. The van der Waals surface area contributed by atoms with Gasteiger partial charge in [-0.2, -0.15) is 0 Å². The molecule has 192 valence electrons. The summed E-state index contributed by atoms with van der Waals surface area (Å²) in [4.78, 5) is 2.28. The number of fused-ring (bicyclic) bond motifs is 1. The maximum atomic E-state index is 12.5. The third kappa shape index (κ3) is 6.53. The number of hydrogen-bond donors (Lipinski definition) is 1. The zero-order chi connectivity index (χ0) is 25.7. The maximum Gasteiger partial charge on any atom is 0.112 e. The highest BCUT2D eigenvalue weighted by atomic mass is 35.5. The van der Waals surface area contributed by atoms with Crippen molar-refractivity contribution in [2.75, 3.05) is 32.0 Å². The lowest BCUT2D eigenvalue weighted by atomic mass is 9.88. The molecule has 0 spiro atoms. The van der Waals surface area contributed by atoms with Crippen LogP contribution in [0.4, 0.5) is 10.1 Å². The van der Waals surface area contributed by atoms with Gasteiger partial charge in [-0.3, -0.25) is 9.29 Å². The number of halogens is 3. The first kappa shape index (κ1) is 26.8. The number of nitrogens with zero attached hydrogens (tertiary/aromatic N) is 1. The number of alkyl halides is 1. The molecule has 1 saturated heterocycles. The van der Waals surface area contributed by atoms with Crippen molar-refractivity contribution in [1.82, 2.24) is 4.90 Å². The van der Waals surface area contributed by atoms with Gasteiger partial charge in [-0.25, -0.2) is 0 Å². The molecule has 2 N–H and O–H groups in total. The average Bonchev–Trinajstić information content (AvgIpc) is 3.20. The number of aryl methyl sites for hydroxylation is 1. The van der Waals surface area contributed by atoms with Crippen molar-refractivity contribution >= 4 is 40.0 Å². The van der Waals surface area contributed by atoms with E-state index in [1.165, 1.54) is 22.3 Å². The van der Waals surface area contributed by atoms with Gasteiger partial charge in [0, 0.05) is 35.4 Å². The first-order valence-corrected chi connectivity index (χ1v) is 13.5. The SMILES string of the molecule is C/C(=C\C=C(/C)C1=C(c2ccc(Cl)cc2Cl)CCCc2cc(N)ccc21)O[C@H]1CCN(CCCF)C1. The number of ether oxygens (including phenoxy) is 1. The van der Waals surface area contributed by atoms with Crippen LogP contribution in [0.1, 0.15) is 56.2 Å². The van der Waals surface area contributed by atoms with Crippen LogP contribution >= 0.6 is 23.2 Å². The molecule has 0 saturated carbocycles. The number of likely N-dealkylation sites (tertiary alicyclic amines) is 1. The Bertz CT molecular complexity index is 1190. The molecule has 1 heterocycles. The summed E-state index contributed by atoms with van der Waals surface area (Å²) in [6.07, 6.45) is 8.78. The number of benzene rings is 2. The Hall–Kier alpha value is -2.27. The Kier molecular flexibility index (Phi) is 9.16. The third-order valence-electron chi connectivity index (χ3n) is 6.98. The van der Waals surface area contributed by atoms with Gasteiger partial charge in [-0.15, -0.1) is 0 Å². The molecule has 0 radical (unpaired) electrons. The molecule has 1 aliphatic heterocycles. The van der Waals surface area contributed by atoms with Crippen molar-refractivity contribution in [2.24, 2.45) is 0 Å². The molecule has 1 atom stereocenters. The lowest BCUT2D eigenvalue weighted by Gasteiger charge is -2.18. The fourth-order valence-electron chi connectivity index (χ4n) is 5.27. The maximum absolute atomic E-state index is 12.5. The molecule has 0 aromatic heterocycles. The third-order valence-corrected chi connectivity index (χ3v) is 7.53. The summed E-state index contributed by atoms with van der Waals surface area (Å²) < 4.78 is 18.7. The minimum atomic E-state index is -0.264. The van der Waals surface area contributed by atoms with Crippen LogP contribution in [0.25, 0.3) is 11.1 Å². The van der Waals surface area contributed by atoms with Gasteiger partial charge in [0.2, 0.25) is 0 Å². The zero-order valence-electron chi connectivity index (χ0n) is 21.1. The fourth-order valence-corrected chi connectivity index (χ4v) is 5.79. The van der Waals surface area contributed by atoms with Crippen LogP contribution in [0.5, 0.6) is 0 Å². The number of nitrogen functional groups attached to an aromatic ring is 1. The molecule has 0 bridgehead atoms. The first-order valence-electron chi connectivity index (χ1n) is 12.7. The molecular formula is C30H35Cl2FN2O. The van der Waals surface area contributed by atoms with Gasteiger partial charge in [-0.05, 0) is 110 Å². The summed E-state index contributed by atoms with van der Waals surface area (Å²) in [6, 6.07) is 11.9. The summed E-state index contributed by atoms with van der Waals surface area (Å²) in [5.41, 5.74) is 13.9. The van der Waals surface area contributed by atoms with Crippen LogP contribution in [-0.4, -0.2) is 37.3 Å². The van der Waals surface area contributed by atoms with Crippen LogP contribution in [0.15, 0.2) is 59.9 Å². The highest BCUT2D eigenvalue weighted by Crippen LogP contribution is 2.42. The van der Waals surface area contributed by atoms with E-state index in [2.05, 4.69) is 36.1 Å². The van der Waals surface area contributed by atoms with E-state index in [9.17, 15) is 4.39 Å². The molecule has 6 heteroatoms. The summed E-state index contributed by atoms with van der Waals surface area (Å²) in [5, 5.41) is 1.29. The van der Waals surface area contributed by atoms with Crippen molar-refractivity contribution in [3.05, 3.63) is 86.6 Å². The Labute approximate surface area is 224 Å². The molecule has 36 heavy (non-hydrogen) atoms. The smallest absolute Gasteiger partial charge is 0.112 e. The van der Waals surface area contributed by atoms with Gasteiger partial charge >= 0.3 is 0 Å². The Morgan fingerprint density at radius 3 is 2.69 bits per heavy atom. The van der Waals surface area contributed by atoms with Crippen LogP contribution in [0.3, 0.4) is 0 Å². The predicted molar refractivity (Wildman–Crippen MR) is 151 cm³/mol. The van der Waals surface area contributed by atoms with Gasteiger partial charge in [0.25, 0.3) is 0 Å². The van der Waals surface area contributed by atoms with Crippen LogP contribution in [0, 0.1) is 0 Å². The van der Waals surface area contributed by atoms with Crippen molar-refractivity contribution in [2.45, 2.75) is 52.1 Å². The number of nitrogens with two attached hydrogens (primary N) is 1. The van der Waals surface area contributed by atoms with E-state index in [4.69, 9.17) is 33.7 Å². The molecule has 0 amide bonds. The van der Waals surface area contributed by atoms with Crippen molar-refractivity contribution < 1.29 is 9.13 Å². The highest BCUT2D eigenvalue weighted by Gasteiger charge is 2.24. The molecule has 2 aromatic rings. The van der Waals surface area contributed by atoms with E-state index < -0.39 is 0 Å². The van der Waals surface area contributed by atoms with Gasteiger partial charge in [0.05, 0.1) is 12.4 Å². The summed E-state index contributed by atoms with van der Waals surface area (Å²) in [7, 11) is 0. The first-order chi connectivity index (χ1) is 17.4. The number of rotatable bonds is 8. The second-order valence-corrected chi connectivity index (χ2v) is 10.6. The van der Waals surface area contributed by atoms with Crippen LogP contribution in [0.2, 0.25) is 10.0 Å². The Balaban J connectivity index is 1.66. The summed E-state index contributed by atoms with van der Waals surface area (Å²) in [5.74, 6) is 0.879. The fraction of sp³-hybridized carbons (Fsp3) is 0.400. The van der Waals surface area contributed by atoms with Gasteiger partial charge < -0.3 is 10.5 Å². The minimum Gasteiger partial charge on any atom is -0.494 e. The normalized spacial score (nSPS) is 19.4. The van der Waals surface area contributed by atoms with Crippen molar-refractivity contribution in [3.8, 4) is 0 Å². The standard InChI is InChI=1S/C30H35Cl2FN2O/c1-20(7-8-21(2)36-25-13-16-35(19-25)15-4-14-33)30-26-12-10-24(34)17-22(26)5-3-6-28(30)27-11-9-23(31)18-29(27)32/h7-12,17-18,25H,3-6,13-16,19,34H2,1-2H3/b20-7+,21-8+/t25-/m0/s1. The quantitative estimate of drug-likeness (QED) is 0.213. The lowest BCUT2D eigenvalue weighted by Crippen LogP contribution is -2.24. The number of anilines is 1. The molecule has 2 aromatic carbocycles. The second kappa shape index (κ2) is 12.3. The molecule has 0 unspecified atom stereocenters. The van der Waals surface area contributed by atoms with Crippen molar-refractivity contribution in [3.63, 3.8) is 0 Å². The van der Waals surface area contributed by atoms with Gasteiger partial charge in [0.15, 0.2) is 0 Å². The van der Waals surface area contributed by atoms with E-state index in [1.54, 1.807) is 0 Å². The molecule has 1 aliphatic carbocycles. The topological polar surface area (TPSA) is 38.5 Å². The van der Waals surface area contributed by atoms with Crippen molar-refractivity contribution in [1.29, 1.82) is 0 Å². The van der Waals surface area contributed by atoms with Gasteiger partial charge in [-0.1, -0.05) is 41.4 Å². The largest absolute Gasteiger partial charge is 0.494 e. The second-order valence-electron chi connectivity index (χ2n) is 9.75. The summed E-state index contributed by atoms with van der Waals surface area (Å²) >= 11 is 12.9. The van der Waals surface area contributed by atoms with E-state index in [1.807, 2.05) is 31.2 Å². The van der Waals surface area contributed by atoms with E-state index in [0.717, 1.165) is 67.9 Å². The molecule has 3 nitrogen and oxygen atoms in total. The number of hydrogen-bond acceptors (Lipinski definition) is 3. The lowest BCUT2D eigenvalue weighted by molar-refractivity contribution is 0.121. The Morgan fingerprint density at radius 1 is 1.11 bits per heavy atom. The van der Waals surface area contributed by atoms with Gasteiger partial charge in [0.1, 0.15) is 6.10 Å². The molecular weight excluding hydrogens is 494 g/mol. The highest BCUT2D eigenvalue weighted by molar-refractivity contribution is 6.36. The zero-order valence-corrected chi connectivity index (χ0v) is 22.6. The van der Waals surface area contributed by atoms with E-state index in [0.29, 0.717) is 16.5 Å². The minimum absolute atomic E-state index is 0.152. The Morgan fingerprint density at radius 2 is 1.92 bits per heavy atom. The molecule has 1 fully saturated rings. The van der Waals surface area contributed by atoms with E-state index >= 15 is 0 Å². The van der Waals surface area contributed by atoms with Crippen LogP contribution in [-0.2, 0) is 11.2 Å². The van der Waals surface area contributed by atoms with Crippen LogP contribution < -0.4 is 5.73 Å². The molecule has 4 rings (SSSR count). The monoisotopic (exact) mass is 528 g/mol. The average molecular weight is 530 g/mol. The number of allylic oxidation sites excluding steroid dienone is 6. The molecule has 2 aliphatic rings. The predicted octanol–water partition coefficient (Wildman–Crippen LogP) is 8.12.